The minimum Gasteiger partial charge on any atom is -0.325 e. The molecule has 5 nitrogen and oxygen atoms in total. The number of hydrogen-bond acceptors (Lipinski definition) is 4. The van der Waals surface area contributed by atoms with Crippen LogP contribution in [0.15, 0.2) is 36.5 Å². The summed E-state index contributed by atoms with van der Waals surface area (Å²) >= 11 is 0. The van der Waals surface area contributed by atoms with E-state index < -0.39 is 0 Å². The Bertz CT molecular complexity index is 847. The normalized spacial score (nSPS) is 16.4. The summed E-state index contributed by atoms with van der Waals surface area (Å²) in [6.07, 6.45) is 6.25. The zero-order chi connectivity index (χ0) is 15.9. The lowest BCUT2D eigenvalue weighted by atomic mass is 9.75. The van der Waals surface area contributed by atoms with Gasteiger partial charge in [-0.2, -0.15) is 0 Å². The number of nitrogens with two attached hydrogens (primary N) is 1. The Hall–Kier alpha value is -2.27. The minimum atomic E-state index is -0.0543. The van der Waals surface area contributed by atoms with Crippen molar-refractivity contribution in [1.82, 2.24) is 20.0 Å². The Morgan fingerprint density at radius 3 is 2.87 bits per heavy atom. The molecule has 1 aliphatic carbocycles. The molecule has 0 amide bonds. The van der Waals surface area contributed by atoms with E-state index in [0.717, 1.165) is 41.6 Å². The Labute approximate surface area is 135 Å². The van der Waals surface area contributed by atoms with Crippen LogP contribution in [0, 0.1) is 6.92 Å². The number of hydrogen-bond donors (Lipinski definition) is 1. The molecule has 0 spiro atoms. The molecule has 4 rings (SSSR count). The SMILES string of the molecule is Cc1nc2ccccc2cc1Cn1cc(CC2(N)CCC2)nn1. The van der Waals surface area contributed by atoms with Crippen LogP contribution >= 0.6 is 0 Å². The summed E-state index contributed by atoms with van der Waals surface area (Å²) < 4.78 is 1.89. The highest BCUT2D eigenvalue weighted by Crippen LogP contribution is 2.31. The topological polar surface area (TPSA) is 69.6 Å². The monoisotopic (exact) mass is 307 g/mol. The third-order valence-corrected chi connectivity index (χ3v) is 4.82. The highest BCUT2D eigenvalue weighted by molar-refractivity contribution is 5.79. The van der Waals surface area contributed by atoms with E-state index in [1.54, 1.807) is 0 Å². The highest BCUT2D eigenvalue weighted by atomic mass is 15.4. The average Bonchev–Trinajstić information content (AvgIpc) is 2.93. The number of pyridine rings is 1. The molecule has 1 fully saturated rings. The Morgan fingerprint density at radius 2 is 2.09 bits per heavy atom. The molecule has 2 N–H and O–H groups in total. The maximum atomic E-state index is 6.30. The third-order valence-electron chi connectivity index (χ3n) is 4.82. The third kappa shape index (κ3) is 2.84. The van der Waals surface area contributed by atoms with Crippen molar-refractivity contribution in [1.29, 1.82) is 0 Å². The molecule has 1 aromatic carbocycles. The van der Waals surface area contributed by atoms with Crippen molar-refractivity contribution >= 4 is 10.9 Å². The van der Waals surface area contributed by atoms with Gasteiger partial charge >= 0.3 is 0 Å². The molecule has 0 bridgehead atoms. The maximum absolute atomic E-state index is 6.30. The lowest BCUT2D eigenvalue weighted by molar-refractivity contribution is 0.245. The second kappa shape index (κ2) is 5.42. The number of para-hydroxylation sites is 1. The van der Waals surface area contributed by atoms with Crippen molar-refractivity contribution in [2.24, 2.45) is 5.73 Å². The van der Waals surface area contributed by atoms with E-state index in [4.69, 9.17) is 5.73 Å². The lowest BCUT2D eigenvalue weighted by Gasteiger charge is -2.37. The molecule has 1 saturated carbocycles. The zero-order valence-electron chi connectivity index (χ0n) is 13.4. The van der Waals surface area contributed by atoms with Gasteiger partial charge in [0.25, 0.3) is 0 Å². The number of nitrogens with zero attached hydrogens (tertiary/aromatic N) is 4. The van der Waals surface area contributed by atoms with Crippen LogP contribution in [0.3, 0.4) is 0 Å². The predicted molar refractivity (Wildman–Crippen MR) is 90.1 cm³/mol. The van der Waals surface area contributed by atoms with Gasteiger partial charge in [-0.25, -0.2) is 4.68 Å². The highest BCUT2D eigenvalue weighted by Gasteiger charge is 2.33. The van der Waals surface area contributed by atoms with Gasteiger partial charge in [-0.05, 0) is 43.9 Å². The van der Waals surface area contributed by atoms with Crippen LogP contribution in [-0.4, -0.2) is 25.5 Å². The molecular weight excluding hydrogens is 286 g/mol. The molecule has 0 aliphatic heterocycles. The summed E-state index contributed by atoms with van der Waals surface area (Å²) in [6.45, 7) is 2.73. The molecule has 0 saturated heterocycles. The smallest absolute Gasteiger partial charge is 0.0845 e. The lowest BCUT2D eigenvalue weighted by Crippen LogP contribution is -2.48. The second-order valence-electron chi connectivity index (χ2n) is 6.73. The van der Waals surface area contributed by atoms with Crippen molar-refractivity contribution in [2.45, 2.75) is 44.7 Å². The number of aromatic nitrogens is 4. The Morgan fingerprint density at radius 1 is 1.26 bits per heavy atom. The first kappa shape index (κ1) is 14.3. The van der Waals surface area contributed by atoms with Gasteiger partial charge in [0, 0.05) is 29.2 Å². The fourth-order valence-corrected chi connectivity index (χ4v) is 3.26. The summed E-state index contributed by atoms with van der Waals surface area (Å²) in [7, 11) is 0. The van der Waals surface area contributed by atoms with E-state index in [9.17, 15) is 0 Å². The van der Waals surface area contributed by atoms with E-state index in [0.29, 0.717) is 6.54 Å². The van der Waals surface area contributed by atoms with Crippen molar-refractivity contribution in [3.63, 3.8) is 0 Å². The summed E-state index contributed by atoms with van der Waals surface area (Å²) in [5.74, 6) is 0. The first-order valence-corrected chi connectivity index (χ1v) is 8.15. The van der Waals surface area contributed by atoms with Crippen LogP contribution in [0.1, 0.15) is 36.2 Å². The first-order chi connectivity index (χ1) is 11.1. The standard InChI is InChI=1S/C18H21N5/c1-13-15(9-14-5-2-3-6-17(14)20-13)11-23-12-16(21-22-23)10-18(19)7-4-8-18/h2-3,5-6,9,12H,4,7-8,10-11,19H2,1H3. The van der Waals surface area contributed by atoms with Crippen LogP contribution in [0.25, 0.3) is 10.9 Å². The summed E-state index contributed by atoms with van der Waals surface area (Å²) in [6, 6.07) is 10.4. The molecule has 0 unspecified atom stereocenters. The zero-order valence-corrected chi connectivity index (χ0v) is 13.4. The van der Waals surface area contributed by atoms with Gasteiger partial charge in [0.1, 0.15) is 0 Å². The molecule has 23 heavy (non-hydrogen) atoms. The van der Waals surface area contributed by atoms with Crippen molar-refractivity contribution in [3.05, 3.63) is 53.5 Å². The van der Waals surface area contributed by atoms with Crippen LogP contribution in [0.5, 0.6) is 0 Å². The molecular formula is C18H21N5. The van der Waals surface area contributed by atoms with Crippen molar-refractivity contribution < 1.29 is 0 Å². The van der Waals surface area contributed by atoms with Crippen molar-refractivity contribution in [2.75, 3.05) is 0 Å². The molecule has 118 valence electrons. The fraction of sp³-hybridized carbons (Fsp3) is 0.389. The minimum absolute atomic E-state index is 0.0543. The van der Waals surface area contributed by atoms with Gasteiger partial charge in [-0.1, -0.05) is 23.4 Å². The molecule has 1 aliphatic rings. The molecule has 5 heteroatoms. The average molecular weight is 307 g/mol. The van der Waals surface area contributed by atoms with E-state index in [2.05, 4.69) is 27.4 Å². The molecule has 0 radical (unpaired) electrons. The van der Waals surface area contributed by atoms with Gasteiger partial charge in [-0.15, -0.1) is 5.10 Å². The predicted octanol–water partition coefficient (Wildman–Crippen LogP) is 2.61. The van der Waals surface area contributed by atoms with E-state index in [-0.39, 0.29) is 5.54 Å². The number of rotatable bonds is 4. The number of fused-ring (bicyclic) bond motifs is 1. The number of aryl methyl sites for hydroxylation is 1. The van der Waals surface area contributed by atoms with Gasteiger partial charge in [0.15, 0.2) is 0 Å². The summed E-state index contributed by atoms with van der Waals surface area (Å²) in [5, 5.41) is 9.70. The van der Waals surface area contributed by atoms with Crippen LogP contribution in [0.4, 0.5) is 0 Å². The maximum Gasteiger partial charge on any atom is 0.0845 e. The van der Waals surface area contributed by atoms with Crippen LogP contribution in [-0.2, 0) is 13.0 Å². The van der Waals surface area contributed by atoms with Crippen LogP contribution in [0.2, 0.25) is 0 Å². The first-order valence-electron chi connectivity index (χ1n) is 8.15. The Kier molecular flexibility index (Phi) is 3.38. The van der Waals surface area contributed by atoms with Crippen LogP contribution < -0.4 is 5.73 Å². The quantitative estimate of drug-likeness (QED) is 0.804. The van der Waals surface area contributed by atoms with Gasteiger partial charge < -0.3 is 5.73 Å². The molecule has 2 heterocycles. The second-order valence-corrected chi connectivity index (χ2v) is 6.73. The summed E-state index contributed by atoms with van der Waals surface area (Å²) in [5.41, 5.74) is 10.5. The van der Waals surface area contributed by atoms with E-state index in [1.807, 2.05) is 36.0 Å². The van der Waals surface area contributed by atoms with E-state index in [1.165, 1.54) is 12.0 Å². The van der Waals surface area contributed by atoms with Gasteiger partial charge in [0.05, 0.1) is 17.8 Å². The fourth-order valence-electron chi connectivity index (χ4n) is 3.26. The van der Waals surface area contributed by atoms with E-state index >= 15 is 0 Å². The summed E-state index contributed by atoms with van der Waals surface area (Å²) in [4.78, 5) is 4.68. The largest absolute Gasteiger partial charge is 0.325 e. The number of benzene rings is 1. The van der Waals surface area contributed by atoms with Gasteiger partial charge in [-0.3, -0.25) is 4.98 Å². The van der Waals surface area contributed by atoms with Gasteiger partial charge in [0.2, 0.25) is 0 Å². The molecule has 0 atom stereocenters. The van der Waals surface area contributed by atoms with Crippen molar-refractivity contribution in [3.8, 4) is 0 Å². The molecule has 3 aromatic rings. The Balaban J connectivity index is 1.56. The molecule has 2 aromatic heterocycles.